The maximum Gasteiger partial charge on any atom is 0.265 e. The summed E-state index contributed by atoms with van der Waals surface area (Å²) in [4.78, 5) is 7.95. The van der Waals surface area contributed by atoms with Crippen molar-refractivity contribution in [1.29, 1.82) is 0 Å². The Balaban J connectivity index is 1.82. The van der Waals surface area contributed by atoms with Crippen LogP contribution in [0.25, 0.3) is 0 Å². The second-order valence-electron chi connectivity index (χ2n) is 5.50. The number of benzene rings is 2. The van der Waals surface area contributed by atoms with Crippen molar-refractivity contribution >= 4 is 62.4 Å². The molecule has 0 aliphatic carbocycles. The first kappa shape index (κ1) is 21.0. The lowest BCUT2D eigenvalue weighted by Crippen LogP contribution is -2.16. The number of aromatic nitrogens is 2. The smallest absolute Gasteiger partial charge is 0.265 e. The molecule has 0 spiro atoms. The predicted octanol–water partition coefficient (Wildman–Crippen LogP) is 5.99. The number of aryl methyl sites for hydroxylation is 1. The van der Waals surface area contributed by atoms with Crippen molar-refractivity contribution in [1.82, 2.24) is 9.97 Å². The SMILES string of the molecule is Cc1nc(NS(=O)(=O)c2ccc(Cl)cc2Cl)ncc1Oc1ccc(Cl)c(Cl)c1. The van der Waals surface area contributed by atoms with E-state index in [2.05, 4.69) is 14.7 Å². The van der Waals surface area contributed by atoms with Gasteiger partial charge in [-0.2, -0.15) is 0 Å². The van der Waals surface area contributed by atoms with Gasteiger partial charge in [0.25, 0.3) is 10.0 Å². The van der Waals surface area contributed by atoms with E-state index in [9.17, 15) is 8.42 Å². The van der Waals surface area contributed by atoms with Crippen molar-refractivity contribution in [3.8, 4) is 11.5 Å². The van der Waals surface area contributed by atoms with Crippen LogP contribution in [0.1, 0.15) is 5.69 Å². The molecular weight excluding hydrogens is 468 g/mol. The van der Waals surface area contributed by atoms with Crippen LogP contribution in [0.4, 0.5) is 5.95 Å². The molecule has 1 aromatic heterocycles. The van der Waals surface area contributed by atoms with Crippen LogP contribution < -0.4 is 9.46 Å². The fourth-order valence-electron chi connectivity index (χ4n) is 2.14. The molecule has 28 heavy (non-hydrogen) atoms. The highest BCUT2D eigenvalue weighted by Gasteiger charge is 2.20. The van der Waals surface area contributed by atoms with Crippen molar-refractivity contribution in [2.24, 2.45) is 0 Å². The van der Waals surface area contributed by atoms with Crippen LogP contribution in [0, 0.1) is 6.92 Å². The molecule has 0 saturated heterocycles. The number of ether oxygens (including phenoxy) is 1. The quantitative estimate of drug-likeness (QED) is 0.486. The van der Waals surface area contributed by atoms with Gasteiger partial charge in [0.2, 0.25) is 5.95 Å². The molecule has 11 heteroatoms. The third-order valence-corrected chi connectivity index (χ3v) is 6.25. The second kappa shape index (κ2) is 8.31. The highest BCUT2D eigenvalue weighted by Crippen LogP contribution is 2.31. The first-order valence-electron chi connectivity index (χ1n) is 7.60. The molecule has 0 fully saturated rings. The predicted molar refractivity (Wildman–Crippen MR) is 111 cm³/mol. The molecule has 0 bridgehead atoms. The van der Waals surface area contributed by atoms with Crippen LogP contribution in [0.3, 0.4) is 0 Å². The van der Waals surface area contributed by atoms with Gasteiger partial charge in [0, 0.05) is 11.1 Å². The topological polar surface area (TPSA) is 81.2 Å². The number of rotatable bonds is 5. The number of sulfonamides is 1. The lowest BCUT2D eigenvalue weighted by atomic mass is 10.3. The molecule has 3 aromatic rings. The monoisotopic (exact) mass is 477 g/mol. The maximum absolute atomic E-state index is 12.5. The zero-order valence-corrected chi connectivity index (χ0v) is 17.9. The van der Waals surface area contributed by atoms with Gasteiger partial charge in [-0.3, -0.25) is 0 Å². The van der Waals surface area contributed by atoms with E-state index in [1.807, 2.05) is 0 Å². The molecule has 2 aromatic carbocycles. The number of nitrogens with one attached hydrogen (secondary N) is 1. The van der Waals surface area contributed by atoms with Crippen molar-refractivity contribution in [2.45, 2.75) is 11.8 Å². The molecule has 3 rings (SSSR count). The number of nitrogens with zero attached hydrogens (tertiary/aromatic N) is 2. The standard InChI is InChI=1S/C17H11Cl4N3O3S/c1-9-15(27-11-3-4-12(19)13(20)7-11)8-22-17(23-9)24-28(25,26)16-5-2-10(18)6-14(16)21/h2-8H,1H3,(H,22,23,24). The van der Waals surface area contributed by atoms with E-state index in [0.717, 1.165) is 0 Å². The van der Waals surface area contributed by atoms with Crippen molar-refractivity contribution in [3.63, 3.8) is 0 Å². The van der Waals surface area contributed by atoms with Gasteiger partial charge in [-0.25, -0.2) is 23.1 Å². The van der Waals surface area contributed by atoms with Gasteiger partial charge in [0.15, 0.2) is 5.75 Å². The van der Waals surface area contributed by atoms with Gasteiger partial charge in [-0.15, -0.1) is 0 Å². The van der Waals surface area contributed by atoms with Gasteiger partial charge in [0.1, 0.15) is 10.6 Å². The highest BCUT2D eigenvalue weighted by atomic mass is 35.5. The summed E-state index contributed by atoms with van der Waals surface area (Å²) in [6, 6.07) is 8.81. The Morgan fingerprint density at radius 3 is 2.36 bits per heavy atom. The molecule has 0 amide bonds. The molecule has 6 nitrogen and oxygen atoms in total. The Kier molecular flexibility index (Phi) is 6.21. The molecule has 146 valence electrons. The molecule has 0 unspecified atom stereocenters. The summed E-state index contributed by atoms with van der Waals surface area (Å²) in [5, 5.41) is 1.03. The van der Waals surface area contributed by atoms with Crippen LogP contribution in [-0.4, -0.2) is 18.4 Å². The van der Waals surface area contributed by atoms with Gasteiger partial charge >= 0.3 is 0 Å². The van der Waals surface area contributed by atoms with Crippen LogP contribution >= 0.6 is 46.4 Å². The largest absolute Gasteiger partial charge is 0.454 e. The van der Waals surface area contributed by atoms with Crippen molar-refractivity contribution in [2.75, 3.05) is 4.72 Å². The van der Waals surface area contributed by atoms with Gasteiger partial charge in [-0.05, 0) is 37.3 Å². The van der Waals surface area contributed by atoms with Gasteiger partial charge in [-0.1, -0.05) is 46.4 Å². The van der Waals surface area contributed by atoms with E-state index in [0.29, 0.717) is 32.3 Å². The normalized spacial score (nSPS) is 11.3. The molecule has 0 saturated carbocycles. The summed E-state index contributed by atoms with van der Waals surface area (Å²) in [6.45, 7) is 1.64. The molecule has 0 aliphatic heterocycles. The number of hydrogen-bond donors (Lipinski definition) is 1. The molecule has 1 N–H and O–H groups in total. The minimum Gasteiger partial charge on any atom is -0.454 e. The first-order chi connectivity index (χ1) is 13.2. The minimum absolute atomic E-state index is 0.0173. The molecule has 0 radical (unpaired) electrons. The summed E-state index contributed by atoms with van der Waals surface area (Å²) >= 11 is 23.6. The first-order valence-corrected chi connectivity index (χ1v) is 10.6. The van der Waals surface area contributed by atoms with Crippen LogP contribution in [0.2, 0.25) is 20.1 Å². The zero-order valence-electron chi connectivity index (χ0n) is 14.1. The lowest BCUT2D eigenvalue weighted by Gasteiger charge is -2.11. The zero-order chi connectivity index (χ0) is 20.5. The van der Waals surface area contributed by atoms with E-state index in [1.54, 1.807) is 25.1 Å². The van der Waals surface area contributed by atoms with Crippen LogP contribution in [0.15, 0.2) is 47.5 Å². The fourth-order valence-corrected chi connectivity index (χ4v) is 4.15. The number of hydrogen-bond acceptors (Lipinski definition) is 5. The Hall–Kier alpha value is -1.77. The summed E-state index contributed by atoms with van der Waals surface area (Å²) in [6.07, 6.45) is 1.34. The summed E-state index contributed by atoms with van der Waals surface area (Å²) in [5.41, 5.74) is 0.404. The second-order valence-corrected chi connectivity index (χ2v) is 8.81. The number of anilines is 1. The summed E-state index contributed by atoms with van der Waals surface area (Å²) < 4.78 is 33.0. The Morgan fingerprint density at radius 1 is 0.964 bits per heavy atom. The summed E-state index contributed by atoms with van der Waals surface area (Å²) in [5.74, 6) is 0.623. The Morgan fingerprint density at radius 2 is 1.71 bits per heavy atom. The molecule has 0 aliphatic rings. The van der Waals surface area contributed by atoms with E-state index in [-0.39, 0.29) is 15.9 Å². The van der Waals surface area contributed by atoms with Crippen LogP contribution in [0.5, 0.6) is 11.5 Å². The van der Waals surface area contributed by atoms with E-state index in [1.165, 1.54) is 24.4 Å². The fraction of sp³-hybridized carbons (Fsp3) is 0.0588. The van der Waals surface area contributed by atoms with E-state index < -0.39 is 10.0 Å². The molecular formula is C17H11Cl4N3O3S. The lowest BCUT2D eigenvalue weighted by molar-refractivity contribution is 0.473. The number of halogens is 4. The van der Waals surface area contributed by atoms with E-state index >= 15 is 0 Å². The minimum atomic E-state index is -4.00. The molecule has 1 heterocycles. The average molecular weight is 479 g/mol. The van der Waals surface area contributed by atoms with Gasteiger partial charge < -0.3 is 4.74 Å². The molecule has 0 atom stereocenters. The summed E-state index contributed by atoms with van der Waals surface area (Å²) in [7, 11) is -4.00. The van der Waals surface area contributed by atoms with Crippen molar-refractivity contribution < 1.29 is 13.2 Å². The van der Waals surface area contributed by atoms with Crippen molar-refractivity contribution in [3.05, 3.63) is 68.4 Å². The Labute approximate surface area is 181 Å². The van der Waals surface area contributed by atoms with Gasteiger partial charge in [0.05, 0.1) is 27.0 Å². The third-order valence-electron chi connectivity index (χ3n) is 3.46. The highest BCUT2D eigenvalue weighted by molar-refractivity contribution is 7.92. The van der Waals surface area contributed by atoms with E-state index in [4.69, 9.17) is 51.1 Å². The average Bonchev–Trinajstić information content (AvgIpc) is 2.60. The van der Waals surface area contributed by atoms with Crippen LogP contribution in [-0.2, 0) is 10.0 Å². The Bertz CT molecular complexity index is 1160. The third kappa shape index (κ3) is 4.79. The maximum atomic E-state index is 12.5.